The van der Waals surface area contributed by atoms with Crippen molar-refractivity contribution in [1.29, 1.82) is 0 Å². The summed E-state index contributed by atoms with van der Waals surface area (Å²) in [5.41, 5.74) is 1.33. The van der Waals surface area contributed by atoms with Crippen LogP contribution in [0.25, 0.3) is 0 Å². The minimum atomic E-state index is 0.241. The van der Waals surface area contributed by atoms with Gasteiger partial charge in [0.15, 0.2) is 0 Å². The topological polar surface area (TPSA) is 20.3 Å². The smallest absolute Gasteiger partial charge is 0.226 e. The van der Waals surface area contributed by atoms with E-state index in [-0.39, 0.29) is 5.92 Å². The number of likely N-dealkylation sites (tertiary alicyclic amines) is 1. The van der Waals surface area contributed by atoms with Gasteiger partial charge in [-0.25, -0.2) is 0 Å². The summed E-state index contributed by atoms with van der Waals surface area (Å²) in [5.74, 6) is 1.11. The Bertz CT molecular complexity index is 446. The van der Waals surface area contributed by atoms with Crippen molar-refractivity contribution in [1.82, 2.24) is 4.90 Å². The van der Waals surface area contributed by atoms with Crippen LogP contribution in [0.15, 0.2) is 30.3 Å². The minimum absolute atomic E-state index is 0.241. The number of hydrogen-bond acceptors (Lipinski definition) is 1. The lowest BCUT2D eigenvalue weighted by atomic mass is 9.96. The van der Waals surface area contributed by atoms with Crippen LogP contribution in [0.5, 0.6) is 0 Å². The summed E-state index contributed by atoms with van der Waals surface area (Å²) in [6, 6.07) is 11.3. The van der Waals surface area contributed by atoms with Crippen molar-refractivity contribution in [2.24, 2.45) is 5.92 Å². The molecule has 1 aromatic carbocycles. The zero-order valence-corrected chi connectivity index (χ0v) is 11.9. The molecule has 1 saturated carbocycles. The van der Waals surface area contributed by atoms with E-state index in [0.29, 0.717) is 23.9 Å². The molecule has 1 aliphatic heterocycles. The van der Waals surface area contributed by atoms with Gasteiger partial charge >= 0.3 is 0 Å². The standard InChI is InChI=1S/C17H23NO/c1-12-7-6-8-13(2)18(12)17(19)16-11-15(16)14-9-4-3-5-10-14/h3-5,9-10,12-13,15-16H,6-8,11H2,1-2H3. The van der Waals surface area contributed by atoms with Crippen molar-refractivity contribution < 1.29 is 4.79 Å². The van der Waals surface area contributed by atoms with E-state index in [2.05, 4.69) is 43.0 Å². The van der Waals surface area contributed by atoms with E-state index < -0.39 is 0 Å². The first-order chi connectivity index (χ1) is 9.18. The number of piperidine rings is 1. The maximum absolute atomic E-state index is 12.7. The number of benzene rings is 1. The van der Waals surface area contributed by atoms with E-state index >= 15 is 0 Å². The third kappa shape index (κ3) is 2.41. The van der Waals surface area contributed by atoms with E-state index in [1.165, 1.54) is 24.8 Å². The van der Waals surface area contributed by atoms with Gasteiger partial charge in [-0.05, 0) is 51.0 Å². The second-order valence-corrected chi connectivity index (χ2v) is 6.23. The van der Waals surface area contributed by atoms with Crippen molar-refractivity contribution in [3.63, 3.8) is 0 Å². The second kappa shape index (κ2) is 4.99. The summed E-state index contributed by atoms with van der Waals surface area (Å²) < 4.78 is 0. The fourth-order valence-electron chi connectivity index (χ4n) is 3.58. The van der Waals surface area contributed by atoms with Crippen LogP contribution in [0.4, 0.5) is 0 Å². The number of rotatable bonds is 2. The number of hydrogen-bond donors (Lipinski definition) is 0. The van der Waals surface area contributed by atoms with Crippen LogP contribution in [0.1, 0.15) is 51.0 Å². The molecule has 0 spiro atoms. The average Bonchev–Trinajstić information content (AvgIpc) is 3.19. The number of carbonyl (C=O) groups is 1. The highest BCUT2D eigenvalue weighted by Gasteiger charge is 2.47. The summed E-state index contributed by atoms with van der Waals surface area (Å²) in [4.78, 5) is 14.9. The van der Waals surface area contributed by atoms with E-state index in [4.69, 9.17) is 0 Å². The molecule has 0 radical (unpaired) electrons. The molecule has 2 nitrogen and oxygen atoms in total. The Labute approximate surface area is 115 Å². The summed E-state index contributed by atoms with van der Waals surface area (Å²) >= 11 is 0. The highest BCUT2D eigenvalue weighted by molar-refractivity contribution is 5.83. The van der Waals surface area contributed by atoms with Crippen LogP contribution in [-0.2, 0) is 4.79 Å². The summed E-state index contributed by atoms with van der Waals surface area (Å²) in [6.07, 6.45) is 4.63. The Hall–Kier alpha value is -1.31. The maximum Gasteiger partial charge on any atom is 0.226 e. The second-order valence-electron chi connectivity index (χ2n) is 6.23. The van der Waals surface area contributed by atoms with Crippen molar-refractivity contribution in [3.8, 4) is 0 Å². The molecular weight excluding hydrogens is 234 g/mol. The first kappa shape index (κ1) is 12.7. The van der Waals surface area contributed by atoms with E-state index in [1.54, 1.807) is 0 Å². The molecule has 102 valence electrons. The Balaban J connectivity index is 1.69. The Morgan fingerprint density at radius 3 is 2.37 bits per heavy atom. The molecule has 2 heteroatoms. The molecule has 1 amide bonds. The molecule has 0 bridgehead atoms. The third-order valence-corrected chi connectivity index (χ3v) is 4.78. The van der Waals surface area contributed by atoms with Gasteiger partial charge in [-0.1, -0.05) is 30.3 Å². The van der Waals surface area contributed by atoms with Crippen LogP contribution < -0.4 is 0 Å². The number of amides is 1. The fraction of sp³-hybridized carbons (Fsp3) is 0.588. The zero-order chi connectivity index (χ0) is 13.4. The molecule has 2 aliphatic rings. The molecule has 1 aromatic rings. The molecule has 0 N–H and O–H groups in total. The first-order valence-electron chi connectivity index (χ1n) is 7.55. The molecule has 1 aliphatic carbocycles. The van der Waals surface area contributed by atoms with Crippen molar-refractivity contribution in [2.75, 3.05) is 0 Å². The highest BCUT2D eigenvalue weighted by atomic mass is 16.2. The Morgan fingerprint density at radius 1 is 1.11 bits per heavy atom. The van der Waals surface area contributed by atoms with Gasteiger partial charge in [0.2, 0.25) is 5.91 Å². The van der Waals surface area contributed by atoms with E-state index in [0.717, 1.165) is 6.42 Å². The van der Waals surface area contributed by atoms with E-state index in [9.17, 15) is 4.79 Å². The van der Waals surface area contributed by atoms with Crippen LogP contribution >= 0.6 is 0 Å². The van der Waals surface area contributed by atoms with E-state index in [1.807, 2.05) is 6.07 Å². The van der Waals surface area contributed by atoms with Gasteiger partial charge in [0.1, 0.15) is 0 Å². The van der Waals surface area contributed by atoms with Gasteiger partial charge in [-0.3, -0.25) is 4.79 Å². The van der Waals surface area contributed by atoms with Gasteiger partial charge in [0, 0.05) is 18.0 Å². The molecule has 2 fully saturated rings. The number of nitrogens with zero attached hydrogens (tertiary/aromatic N) is 1. The lowest BCUT2D eigenvalue weighted by Gasteiger charge is -2.39. The summed E-state index contributed by atoms with van der Waals surface area (Å²) in [7, 11) is 0. The van der Waals surface area contributed by atoms with Gasteiger partial charge in [-0.15, -0.1) is 0 Å². The molecule has 0 aromatic heterocycles. The summed E-state index contributed by atoms with van der Waals surface area (Å²) in [5, 5.41) is 0. The zero-order valence-electron chi connectivity index (χ0n) is 11.9. The molecule has 1 heterocycles. The average molecular weight is 257 g/mol. The van der Waals surface area contributed by atoms with Crippen LogP contribution in [0.2, 0.25) is 0 Å². The predicted molar refractivity (Wildman–Crippen MR) is 76.9 cm³/mol. The molecule has 4 atom stereocenters. The fourth-order valence-corrected chi connectivity index (χ4v) is 3.58. The lowest BCUT2D eigenvalue weighted by molar-refractivity contribution is -0.138. The molecule has 1 saturated heterocycles. The van der Waals surface area contributed by atoms with Gasteiger partial charge < -0.3 is 4.90 Å². The Morgan fingerprint density at radius 2 is 1.74 bits per heavy atom. The quantitative estimate of drug-likeness (QED) is 0.793. The highest BCUT2D eigenvalue weighted by Crippen LogP contribution is 2.49. The monoisotopic (exact) mass is 257 g/mol. The van der Waals surface area contributed by atoms with Crippen molar-refractivity contribution in [3.05, 3.63) is 35.9 Å². The normalized spacial score (nSPS) is 34.1. The Kier molecular flexibility index (Phi) is 3.34. The summed E-state index contributed by atoms with van der Waals surface area (Å²) in [6.45, 7) is 4.40. The minimum Gasteiger partial charge on any atom is -0.337 e. The van der Waals surface area contributed by atoms with Crippen LogP contribution in [0.3, 0.4) is 0 Å². The van der Waals surface area contributed by atoms with Gasteiger partial charge in [0.05, 0.1) is 0 Å². The molecular formula is C17H23NO. The predicted octanol–water partition coefficient (Wildman–Crippen LogP) is 3.58. The van der Waals surface area contributed by atoms with Crippen molar-refractivity contribution in [2.45, 2.75) is 57.5 Å². The maximum atomic E-state index is 12.7. The van der Waals surface area contributed by atoms with Gasteiger partial charge in [0.25, 0.3) is 0 Å². The van der Waals surface area contributed by atoms with Crippen LogP contribution in [-0.4, -0.2) is 22.9 Å². The van der Waals surface area contributed by atoms with Gasteiger partial charge in [-0.2, -0.15) is 0 Å². The first-order valence-corrected chi connectivity index (χ1v) is 7.55. The van der Waals surface area contributed by atoms with Crippen molar-refractivity contribution >= 4 is 5.91 Å². The van der Waals surface area contributed by atoms with Crippen LogP contribution in [0, 0.1) is 5.92 Å². The third-order valence-electron chi connectivity index (χ3n) is 4.78. The molecule has 3 rings (SSSR count). The lowest BCUT2D eigenvalue weighted by Crippen LogP contribution is -2.48. The molecule has 19 heavy (non-hydrogen) atoms. The largest absolute Gasteiger partial charge is 0.337 e. The SMILES string of the molecule is CC1CCCC(C)N1C(=O)C1CC1c1ccccc1. The molecule has 4 unspecified atom stereocenters. The number of carbonyl (C=O) groups excluding carboxylic acids is 1.